The maximum Gasteiger partial charge on any atom is 0.355 e. The van der Waals surface area contributed by atoms with Crippen LogP contribution in [0.1, 0.15) is 17.4 Å². The lowest BCUT2D eigenvalue weighted by molar-refractivity contribution is 0.0519. The van der Waals surface area contributed by atoms with Crippen LogP contribution in [0.2, 0.25) is 10.0 Å². The fraction of sp³-hybridized carbons (Fsp3) is 0.182. The molecule has 3 nitrogen and oxygen atoms in total. The summed E-state index contributed by atoms with van der Waals surface area (Å²) in [7, 11) is 0. The molecule has 0 fully saturated rings. The van der Waals surface area contributed by atoms with Gasteiger partial charge in [-0.3, -0.25) is 0 Å². The first-order valence-corrected chi connectivity index (χ1v) is 6.71. The number of aromatic nitrogens is 1. The van der Waals surface area contributed by atoms with E-state index in [1.54, 1.807) is 19.1 Å². The molecular formula is C11H8Cl2INO2. The topological polar surface area (TPSA) is 42.1 Å². The van der Waals surface area contributed by atoms with E-state index in [9.17, 15) is 4.79 Å². The van der Waals surface area contributed by atoms with Crippen LogP contribution >= 0.6 is 45.8 Å². The van der Waals surface area contributed by atoms with Crippen LogP contribution < -0.4 is 0 Å². The molecule has 0 saturated carbocycles. The Labute approximate surface area is 122 Å². The second kappa shape index (κ2) is 5.04. The fourth-order valence-electron chi connectivity index (χ4n) is 1.55. The Kier molecular flexibility index (Phi) is 3.85. The molecule has 0 spiro atoms. The van der Waals surface area contributed by atoms with E-state index in [0.29, 0.717) is 22.3 Å². The van der Waals surface area contributed by atoms with Crippen LogP contribution in [0.15, 0.2) is 12.1 Å². The quantitative estimate of drug-likeness (QED) is 0.622. The van der Waals surface area contributed by atoms with Gasteiger partial charge in [0.1, 0.15) is 5.69 Å². The van der Waals surface area contributed by atoms with Gasteiger partial charge in [-0.25, -0.2) is 4.79 Å². The third-order valence-electron chi connectivity index (χ3n) is 2.23. The number of esters is 1. The molecule has 1 aromatic heterocycles. The van der Waals surface area contributed by atoms with Gasteiger partial charge in [0.15, 0.2) is 0 Å². The second-order valence-electron chi connectivity index (χ2n) is 3.34. The van der Waals surface area contributed by atoms with Crippen molar-refractivity contribution in [3.8, 4) is 0 Å². The highest BCUT2D eigenvalue weighted by Gasteiger charge is 2.19. The third kappa shape index (κ3) is 2.39. The van der Waals surface area contributed by atoms with Crippen molar-refractivity contribution in [1.82, 2.24) is 4.98 Å². The first kappa shape index (κ1) is 13.0. The standard InChI is InChI=1S/C11H8Cl2INO2/c1-2-17-11(16)10-9(14)8-6(13)3-5(12)4-7(8)15-10/h3-4,15H,2H2,1H3. The summed E-state index contributed by atoms with van der Waals surface area (Å²) < 4.78 is 5.71. The Morgan fingerprint density at radius 2 is 2.18 bits per heavy atom. The first-order valence-electron chi connectivity index (χ1n) is 4.88. The van der Waals surface area contributed by atoms with Gasteiger partial charge in [-0.1, -0.05) is 23.2 Å². The van der Waals surface area contributed by atoms with Crippen molar-refractivity contribution in [1.29, 1.82) is 0 Å². The highest BCUT2D eigenvalue weighted by atomic mass is 127. The van der Waals surface area contributed by atoms with E-state index in [2.05, 4.69) is 27.6 Å². The number of hydrogen-bond donors (Lipinski definition) is 1. The molecule has 0 unspecified atom stereocenters. The molecule has 2 aromatic rings. The first-order chi connectivity index (χ1) is 8.04. The molecule has 0 amide bonds. The van der Waals surface area contributed by atoms with Crippen LogP contribution in [0.5, 0.6) is 0 Å². The van der Waals surface area contributed by atoms with E-state index in [-0.39, 0.29) is 5.97 Å². The number of carbonyl (C=O) groups is 1. The summed E-state index contributed by atoms with van der Waals surface area (Å²) in [5, 5.41) is 1.83. The van der Waals surface area contributed by atoms with Gasteiger partial charge < -0.3 is 9.72 Å². The number of nitrogens with one attached hydrogen (secondary N) is 1. The van der Waals surface area contributed by atoms with Gasteiger partial charge in [0.25, 0.3) is 0 Å². The van der Waals surface area contributed by atoms with Crippen molar-refractivity contribution < 1.29 is 9.53 Å². The molecule has 1 heterocycles. The number of hydrogen-bond acceptors (Lipinski definition) is 2. The molecule has 0 aliphatic carbocycles. The number of ether oxygens (including phenoxy) is 1. The van der Waals surface area contributed by atoms with E-state index < -0.39 is 0 Å². The van der Waals surface area contributed by atoms with Crippen molar-refractivity contribution in [2.75, 3.05) is 6.61 Å². The molecule has 0 atom stereocenters. The Balaban J connectivity index is 2.64. The summed E-state index contributed by atoms with van der Waals surface area (Å²) >= 11 is 14.1. The number of fused-ring (bicyclic) bond motifs is 1. The van der Waals surface area contributed by atoms with Crippen LogP contribution in [0.25, 0.3) is 10.9 Å². The van der Waals surface area contributed by atoms with Crippen LogP contribution in [0, 0.1) is 3.57 Å². The molecule has 17 heavy (non-hydrogen) atoms. The van der Waals surface area contributed by atoms with Crippen LogP contribution in [-0.2, 0) is 4.74 Å². The zero-order chi connectivity index (χ0) is 12.6. The minimum absolute atomic E-state index is 0.332. The van der Waals surface area contributed by atoms with Crippen molar-refractivity contribution in [2.45, 2.75) is 6.92 Å². The van der Waals surface area contributed by atoms with Gasteiger partial charge in [0.05, 0.1) is 20.7 Å². The normalized spacial score (nSPS) is 10.8. The average molecular weight is 384 g/mol. The maximum absolute atomic E-state index is 11.7. The zero-order valence-corrected chi connectivity index (χ0v) is 12.5. The van der Waals surface area contributed by atoms with Gasteiger partial charge in [0.2, 0.25) is 0 Å². The van der Waals surface area contributed by atoms with Crippen molar-refractivity contribution in [3.63, 3.8) is 0 Å². The highest BCUT2D eigenvalue weighted by Crippen LogP contribution is 2.33. The SMILES string of the molecule is CCOC(=O)c1[nH]c2cc(Cl)cc(Cl)c2c1I. The Morgan fingerprint density at radius 1 is 1.47 bits per heavy atom. The summed E-state index contributed by atoms with van der Waals surface area (Å²) in [4.78, 5) is 14.7. The predicted octanol–water partition coefficient (Wildman–Crippen LogP) is 4.26. The van der Waals surface area contributed by atoms with E-state index in [4.69, 9.17) is 27.9 Å². The van der Waals surface area contributed by atoms with Gasteiger partial charge >= 0.3 is 5.97 Å². The maximum atomic E-state index is 11.7. The number of halogens is 3. The molecule has 0 aliphatic heterocycles. The second-order valence-corrected chi connectivity index (χ2v) is 5.27. The third-order valence-corrected chi connectivity index (χ3v) is 3.83. The molecule has 0 bridgehead atoms. The predicted molar refractivity (Wildman–Crippen MR) is 77.0 cm³/mol. The van der Waals surface area contributed by atoms with Gasteiger partial charge in [-0.2, -0.15) is 0 Å². The van der Waals surface area contributed by atoms with Crippen molar-refractivity contribution in [3.05, 3.63) is 31.4 Å². The lowest BCUT2D eigenvalue weighted by atomic mass is 10.2. The molecule has 0 saturated heterocycles. The van der Waals surface area contributed by atoms with Crippen LogP contribution in [0.3, 0.4) is 0 Å². The molecule has 1 aromatic carbocycles. The fourth-order valence-corrected chi connectivity index (χ4v) is 3.24. The summed E-state index contributed by atoms with van der Waals surface area (Å²) in [6.45, 7) is 2.09. The number of H-pyrrole nitrogens is 1. The van der Waals surface area contributed by atoms with Crippen molar-refractivity contribution >= 4 is 62.7 Å². The number of rotatable bonds is 2. The summed E-state index contributed by atoms with van der Waals surface area (Å²) in [5.74, 6) is -0.389. The van der Waals surface area contributed by atoms with Gasteiger partial charge in [0, 0.05) is 10.4 Å². The number of benzene rings is 1. The molecule has 0 radical (unpaired) electrons. The van der Waals surface area contributed by atoms with E-state index in [0.717, 1.165) is 14.5 Å². The van der Waals surface area contributed by atoms with Crippen molar-refractivity contribution in [2.24, 2.45) is 0 Å². The monoisotopic (exact) mass is 383 g/mol. The minimum Gasteiger partial charge on any atom is -0.461 e. The molecule has 90 valence electrons. The number of carbonyl (C=O) groups excluding carboxylic acids is 1. The minimum atomic E-state index is -0.389. The van der Waals surface area contributed by atoms with Crippen LogP contribution in [-0.4, -0.2) is 17.6 Å². The summed E-state index contributed by atoms with van der Waals surface area (Å²) in [5.41, 5.74) is 1.14. The lowest BCUT2D eigenvalue weighted by Crippen LogP contribution is -2.06. The summed E-state index contributed by atoms with van der Waals surface area (Å²) in [6.07, 6.45) is 0. The van der Waals surface area contributed by atoms with Gasteiger partial charge in [-0.05, 0) is 41.6 Å². The van der Waals surface area contributed by atoms with E-state index in [1.165, 1.54) is 0 Å². The zero-order valence-electron chi connectivity index (χ0n) is 8.81. The molecule has 0 aliphatic rings. The van der Waals surface area contributed by atoms with E-state index >= 15 is 0 Å². The highest BCUT2D eigenvalue weighted by molar-refractivity contribution is 14.1. The smallest absolute Gasteiger partial charge is 0.355 e. The molecule has 2 rings (SSSR count). The molecular weight excluding hydrogens is 376 g/mol. The Hall–Kier alpha value is -0.460. The summed E-state index contributed by atoms with van der Waals surface area (Å²) in [6, 6.07) is 3.38. The van der Waals surface area contributed by atoms with Crippen LogP contribution in [0.4, 0.5) is 0 Å². The Bertz CT molecular complexity index is 595. The van der Waals surface area contributed by atoms with E-state index in [1.807, 2.05) is 0 Å². The van der Waals surface area contributed by atoms with Gasteiger partial charge in [-0.15, -0.1) is 0 Å². The molecule has 6 heteroatoms. The Morgan fingerprint density at radius 3 is 2.82 bits per heavy atom. The lowest BCUT2D eigenvalue weighted by Gasteiger charge is -1.99. The number of aromatic amines is 1. The average Bonchev–Trinajstić information content (AvgIpc) is 2.56. The largest absolute Gasteiger partial charge is 0.461 e. The molecule has 1 N–H and O–H groups in total.